The lowest BCUT2D eigenvalue weighted by atomic mass is 10.1. The number of nitrogens with zero attached hydrogens (tertiary/aromatic N) is 2. The third-order valence-corrected chi connectivity index (χ3v) is 2.92. The molecule has 17 heavy (non-hydrogen) atoms. The van der Waals surface area contributed by atoms with Crippen molar-refractivity contribution in [1.29, 1.82) is 0 Å². The zero-order valence-electron chi connectivity index (χ0n) is 10.9. The molecule has 0 radical (unpaired) electrons. The van der Waals surface area contributed by atoms with Crippen LogP contribution in [-0.2, 0) is 0 Å². The van der Waals surface area contributed by atoms with E-state index in [2.05, 4.69) is 36.1 Å². The fourth-order valence-corrected chi connectivity index (χ4v) is 2.10. The molecule has 4 nitrogen and oxygen atoms in total. The predicted octanol–water partition coefficient (Wildman–Crippen LogP) is 2.78. The molecule has 0 amide bonds. The van der Waals surface area contributed by atoms with E-state index in [0.29, 0.717) is 23.7 Å². The van der Waals surface area contributed by atoms with Gasteiger partial charge in [0.25, 0.3) is 0 Å². The van der Waals surface area contributed by atoms with Crippen LogP contribution in [0.2, 0.25) is 0 Å². The molecule has 2 rings (SSSR count). The summed E-state index contributed by atoms with van der Waals surface area (Å²) in [5.41, 5.74) is 5.81. The molecule has 0 bridgehead atoms. The summed E-state index contributed by atoms with van der Waals surface area (Å²) in [6.45, 7) is 6.62. The van der Waals surface area contributed by atoms with Crippen LogP contribution in [0.5, 0.6) is 0 Å². The molecular weight excluding hydrogens is 212 g/mol. The van der Waals surface area contributed by atoms with Crippen LogP contribution in [0.1, 0.15) is 51.8 Å². The van der Waals surface area contributed by atoms with Crippen LogP contribution in [0.15, 0.2) is 6.07 Å². The Morgan fingerprint density at radius 1 is 1.35 bits per heavy atom. The summed E-state index contributed by atoms with van der Waals surface area (Å²) in [5, 5.41) is 3.41. The van der Waals surface area contributed by atoms with Gasteiger partial charge in [-0.25, -0.2) is 9.97 Å². The SMILES string of the molecule is CC(C)CC(C)Nc1cc(N)nc(C2CC2)n1. The average molecular weight is 234 g/mol. The van der Waals surface area contributed by atoms with Gasteiger partial charge in [0, 0.05) is 18.0 Å². The standard InChI is InChI=1S/C13H22N4/c1-8(2)6-9(3)15-12-7-11(14)16-13(17-12)10-4-5-10/h7-10H,4-6H2,1-3H3,(H3,14,15,16,17). The monoisotopic (exact) mass is 234 g/mol. The van der Waals surface area contributed by atoms with Crippen molar-refractivity contribution in [2.24, 2.45) is 5.92 Å². The number of hydrogen-bond acceptors (Lipinski definition) is 4. The molecule has 1 fully saturated rings. The quantitative estimate of drug-likeness (QED) is 0.822. The molecule has 4 heteroatoms. The van der Waals surface area contributed by atoms with Gasteiger partial charge in [-0.2, -0.15) is 0 Å². The van der Waals surface area contributed by atoms with Gasteiger partial charge in [-0.05, 0) is 32.1 Å². The van der Waals surface area contributed by atoms with Crippen LogP contribution in [0.3, 0.4) is 0 Å². The van der Waals surface area contributed by atoms with Crippen molar-refractivity contribution in [3.05, 3.63) is 11.9 Å². The minimum atomic E-state index is 0.413. The highest BCUT2D eigenvalue weighted by atomic mass is 15.1. The molecule has 0 spiro atoms. The van der Waals surface area contributed by atoms with Gasteiger partial charge in [-0.1, -0.05) is 13.8 Å². The summed E-state index contributed by atoms with van der Waals surface area (Å²) in [4.78, 5) is 8.83. The van der Waals surface area contributed by atoms with Gasteiger partial charge in [-0.15, -0.1) is 0 Å². The first-order chi connectivity index (χ1) is 8.04. The zero-order chi connectivity index (χ0) is 12.4. The smallest absolute Gasteiger partial charge is 0.136 e. The van der Waals surface area contributed by atoms with Gasteiger partial charge < -0.3 is 11.1 Å². The van der Waals surface area contributed by atoms with Gasteiger partial charge in [-0.3, -0.25) is 0 Å². The Kier molecular flexibility index (Phi) is 3.50. The maximum atomic E-state index is 5.81. The number of nitrogen functional groups attached to an aromatic ring is 1. The lowest BCUT2D eigenvalue weighted by Gasteiger charge is -2.17. The van der Waals surface area contributed by atoms with E-state index in [9.17, 15) is 0 Å². The summed E-state index contributed by atoms with van der Waals surface area (Å²) in [5.74, 6) is 3.57. The summed E-state index contributed by atoms with van der Waals surface area (Å²) in [6, 6.07) is 2.24. The number of hydrogen-bond donors (Lipinski definition) is 2. The van der Waals surface area contributed by atoms with E-state index in [1.54, 1.807) is 0 Å². The Bertz CT molecular complexity index is 385. The largest absolute Gasteiger partial charge is 0.384 e. The summed E-state index contributed by atoms with van der Waals surface area (Å²) in [6.07, 6.45) is 3.53. The van der Waals surface area contributed by atoms with Crippen LogP contribution in [0, 0.1) is 5.92 Å². The molecule has 1 unspecified atom stereocenters. The lowest BCUT2D eigenvalue weighted by molar-refractivity contribution is 0.538. The third kappa shape index (κ3) is 3.58. The van der Waals surface area contributed by atoms with Crippen molar-refractivity contribution in [3.63, 3.8) is 0 Å². The first kappa shape index (κ1) is 12.1. The number of nitrogens with one attached hydrogen (secondary N) is 1. The van der Waals surface area contributed by atoms with Crippen LogP contribution in [0.4, 0.5) is 11.6 Å². The van der Waals surface area contributed by atoms with Gasteiger partial charge in [0.1, 0.15) is 17.5 Å². The van der Waals surface area contributed by atoms with Gasteiger partial charge in [0.2, 0.25) is 0 Å². The molecule has 94 valence electrons. The molecule has 1 aromatic heterocycles. The van der Waals surface area contributed by atoms with E-state index in [-0.39, 0.29) is 0 Å². The highest BCUT2D eigenvalue weighted by Gasteiger charge is 2.27. The molecule has 1 aliphatic carbocycles. The third-order valence-electron chi connectivity index (χ3n) is 2.92. The zero-order valence-corrected chi connectivity index (χ0v) is 10.9. The fourth-order valence-electron chi connectivity index (χ4n) is 2.10. The lowest BCUT2D eigenvalue weighted by Crippen LogP contribution is -2.19. The van der Waals surface area contributed by atoms with Crippen LogP contribution in [-0.4, -0.2) is 16.0 Å². The van der Waals surface area contributed by atoms with Gasteiger partial charge in [0.15, 0.2) is 0 Å². The van der Waals surface area contributed by atoms with Crippen molar-refractivity contribution < 1.29 is 0 Å². The van der Waals surface area contributed by atoms with Crippen molar-refractivity contribution in [3.8, 4) is 0 Å². The Morgan fingerprint density at radius 3 is 2.65 bits per heavy atom. The van der Waals surface area contributed by atoms with E-state index >= 15 is 0 Å². The van der Waals surface area contributed by atoms with Crippen molar-refractivity contribution in [1.82, 2.24) is 9.97 Å². The van der Waals surface area contributed by atoms with Gasteiger partial charge >= 0.3 is 0 Å². The van der Waals surface area contributed by atoms with Gasteiger partial charge in [0.05, 0.1) is 0 Å². The van der Waals surface area contributed by atoms with Crippen molar-refractivity contribution in [2.75, 3.05) is 11.1 Å². The molecule has 3 N–H and O–H groups in total. The summed E-state index contributed by atoms with van der Waals surface area (Å²) >= 11 is 0. The molecule has 1 heterocycles. The number of nitrogens with two attached hydrogens (primary N) is 1. The second-order valence-electron chi connectivity index (χ2n) is 5.49. The number of anilines is 2. The van der Waals surface area contributed by atoms with Crippen molar-refractivity contribution in [2.45, 2.75) is 52.0 Å². The first-order valence-electron chi connectivity index (χ1n) is 6.45. The number of rotatable bonds is 5. The highest BCUT2D eigenvalue weighted by molar-refractivity contribution is 5.45. The van der Waals surface area contributed by atoms with E-state index in [1.807, 2.05) is 6.07 Å². The van der Waals surface area contributed by atoms with Crippen molar-refractivity contribution >= 4 is 11.6 Å². The Hall–Kier alpha value is -1.32. The topological polar surface area (TPSA) is 63.8 Å². The van der Waals surface area contributed by atoms with Crippen LogP contribution in [0.25, 0.3) is 0 Å². The Labute approximate surface area is 103 Å². The maximum Gasteiger partial charge on any atom is 0.136 e. The summed E-state index contributed by atoms with van der Waals surface area (Å²) < 4.78 is 0. The van der Waals surface area contributed by atoms with E-state index in [0.717, 1.165) is 18.1 Å². The highest BCUT2D eigenvalue weighted by Crippen LogP contribution is 2.38. The van der Waals surface area contributed by atoms with E-state index < -0.39 is 0 Å². The second-order valence-corrected chi connectivity index (χ2v) is 5.49. The van der Waals surface area contributed by atoms with Crippen LogP contribution >= 0.6 is 0 Å². The Balaban J connectivity index is 2.04. The minimum absolute atomic E-state index is 0.413. The fraction of sp³-hybridized carbons (Fsp3) is 0.692. The minimum Gasteiger partial charge on any atom is -0.384 e. The molecule has 0 aliphatic heterocycles. The molecule has 1 aromatic rings. The van der Waals surface area contributed by atoms with E-state index in [1.165, 1.54) is 12.8 Å². The molecule has 0 saturated heterocycles. The molecular formula is C13H22N4. The second kappa shape index (κ2) is 4.90. The first-order valence-corrected chi connectivity index (χ1v) is 6.45. The maximum absolute atomic E-state index is 5.81. The average Bonchev–Trinajstić information content (AvgIpc) is 2.97. The normalized spacial score (nSPS) is 17.2. The molecule has 1 aliphatic rings. The Morgan fingerprint density at radius 2 is 2.06 bits per heavy atom. The predicted molar refractivity (Wildman–Crippen MR) is 71.0 cm³/mol. The summed E-state index contributed by atoms with van der Waals surface area (Å²) in [7, 11) is 0. The molecule has 1 saturated carbocycles. The molecule has 0 aromatic carbocycles. The molecule has 1 atom stereocenters. The number of aromatic nitrogens is 2. The van der Waals surface area contributed by atoms with Crippen LogP contribution < -0.4 is 11.1 Å². The van der Waals surface area contributed by atoms with E-state index in [4.69, 9.17) is 5.73 Å².